The molecule has 1 saturated heterocycles. The Labute approximate surface area is 80.7 Å². The van der Waals surface area contributed by atoms with E-state index in [0.717, 1.165) is 38.9 Å². The molecule has 0 spiro atoms. The Hall–Kier alpha value is -0.120. The maximum absolute atomic E-state index is 10.1. The van der Waals surface area contributed by atoms with Crippen molar-refractivity contribution in [2.24, 2.45) is 0 Å². The van der Waals surface area contributed by atoms with Crippen LogP contribution in [0.15, 0.2) is 0 Å². The summed E-state index contributed by atoms with van der Waals surface area (Å²) in [5, 5.41) is 10.1. The predicted molar refractivity (Wildman–Crippen MR) is 52.8 cm³/mol. The minimum Gasteiger partial charge on any atom is -0.387 e. The molecule has 1 atom stereocenters. The summed E-state index contributed by atoms with van der Waals surface area (Å²) in [7, 11) is 1.65. The van der Waals surface area contributed by atoms with Gasteiger partial charge in [0.05, 0.1) is 12.2 Å². The molecule has 3 heteroatoms. The van der Waals surface area contributed by atoms with Crippen LogP contribution in [0, 0.1) is 0 Å². The van der Waals surface area contributed by atoms with Gasteiger partial charge in [-0.1, -0.05) is 6.92 Å². The van der Waals surface area contributed by atoms with Crippen LogP contribution in [0.2, 0.25) is 0 Å². The van der Waals surface area contributed by atoms with Gasteiger partial charge in [-0.05, 0) is 32.4 Å². The second-order valence-corrected chi connectivity index (χ2v) is 3.95. The van der Waals surface area contributed by atoms with E-state index in [-0.39, 0.29) is 0 Å². The van der Waals surface area contributed by atoms with Crippen molar-refractivity contribution in [1.82, 2.24) is 4.90 Å². The highest BCUT2D eigenvalue weighted by atomic mass is 16.5. The van der Waals surface area contributed by atoms with Crippen LogP contribution in [-0.4, -0.2) is 49.0 Å². The fraction of sp³-hybridized carbons (Fsp3) is 1.00. The Morgan fingerprint density at radius 2 is 2.15 bits per heavy atom. The topological polar surface area (TPSA) is 32.7 Å². The van der Waals surface area contributed by atoms with Gasteiger partial charge in [-0.25, -0.2) is 0 Å². The van der Waals surface area contributed by atoms with E-state index in [4.69, 9.17) is 4.74 Å². The summed E-state index contributed by atoms with van der Waals surface area (Å²) >= 11 is 0. The van der Waals surface area contributed by atoms with Gasteiger partial charge in [-0.2, -0.15) is 0 Å². The van der Waals surface area contributed by atoms with Crippen molar-refractivity contribution in [3.63, 3.8) is 0 Å². The SMILES string of the molecule is CCN1CCCC(O)(COC)CC1. The van der Waals surface area contributed by atoms with Crippen molar-refractivity contribution in [3.05, 3.63) is 0 Å². The first-order valence-electron chi connectivity index (χ1n) is 5.14. The lowest BCUT2D eigenvalue weighted by atomic mass is 9.96. The molecule has 78 valence electrons. The quantitative estimate of drug-likeness (QED) is 0.711. The molecule has 1 heterocycles. The Kier molecular flexibility index (Phi) is 4.16. The number of likely N-dealkylation sites (tertiary alicyclic amines) is 1. The maximum Gasteiger partial charge on any atom is 0.0892 e. The van der Waals surface area contributed by atoms with Gasteiger partial charge in [0.15, 0.2) is 0 Å². The second-order valence-electron chi connectivity index (χ2n) is 3.95. The standard InChI is InChI=1S/C10H21NO2/c1-3-11-7-4-5-10(12,6-8-11)9-13-2/h12H,3-9H2,1-2H3. The van der Waals surface area contributed by atoms with Crippen LogP contribution >= 0.6 is 0 Å². The van der Waals surface area contributed by atoms with E-state index in [1.807, 2.05) is 0 Å². The highest BCUT2D eigenvalue weighted by Crippen LogP contribution is 2.22. The zero-order valence-electron chi connectivity index (χ0n) is 8.75. The van der Waals surface area contributed by atoms with E-state index in [2.05, 4.69) is 11.8 Å². The molecule has 0 saturated carbocycles. The van der Waals surface area contributed by atoms with Crippen molar-refractivity contribution in [2.45, 2.75) is 31.8 Å². The molecule has 1 aliphatic rings. The Balaban J connectivity index is 2.42. The first-order chi connectivity index (χ1) is 6.20. The summed E-state index contributed by atoms with van der Waals surface area (Å²) in [5.41, 5.74) is -0.571. The van der Waals surface area contributed by atoms with Crippen LogP contribution in [0.5, 0.6) is 0 Å². The highest BCUT2D eigenvalue weighted by Gasteiger charge is 2.29. The fourth-order valence-corrected chi connectivity index (χ4v) is 1.96. The molecule has 0 aliphatic carbocycles. The predicted octanol–water partition coefficient (Wildman–Crippen LogP) is 0.870. The smallest absolute Gasteiger partial charge is 0.0892 e. The average molecular weight is 187 g/mol. The number of aliphatic hydroxyl groups is 1. The number of hydrogen-bond donors (Lipinski definition) is 1. The van der Waals surface area contributed by atoms with Crippen LogP contribution in [0.3, 0.4) is 0 Å². The van der Waals surface area contributed by atoms with Crippen LogP contribution in [0.4, 0.5) is 0 Å². The van der Waals surface area contributed by atoms with Gasteiger partial charge in [-0.15, -0.1) is 0 Å². The number of rotatable bonds is 3. The van der Waals surface area contributed by atoms with Gasteiger partial charge in [-0.3, -0.25) is 0 Å². The molecule has 0 amide bonds. The van der Waals surface area contributed by atoms with Crippen molar-refractivity contribution in [1.29, 1.82) is 0 Å². The lowest BCUT2D eigenvalue weighted by Gasteiger charge is -2.25. The summed E-state index contributed by atoms with van der Waals surface area (Å²) < 4.78 is 5.04. The second kappa shape index (κ2) is 4.94. The van der Waals surface area contributed by atoms with Gasteiger partial charge in [0, 0.05) is 13.7 Å². The molecule has 0 radical (unpaired) electrons. The Morgan fingerprint density at radius 3 is 2.77 bits per heavy atom. The molecule has 13 heavy (non-hydrogen) atoms. The first-order valence-corrected chi connectivity index (χ1v) is 5.14. The van der Waals surface area contributed by atoms with E-state index in [0.29, 0.717) is 6.61 Å². The average Bonchev–Trinajstić information content (AvgIpc) is 2.28. The van der Waals surface area contributed by atoms with Crippen LogP contribution < -0.4 is 0 Å². The van der Waals surface area contributed by atoms with Crippen LogP contribution in [0.1, 0.15) is 26.2 Å². The zero-order valence-corrected chi connectivity index (χ0v) is 8.75. The molecule has 1 aliphatic heterocycles. The number of hydrogen-bond acceptors (Lipinski definition) is 3. The van der Waals surface area contributed by atoms with E-state index in [1.165, 1.54) is 0 Å². The molecule has 1 rings (SSSR count). The first kappa shape index (κ1) is 11.0. The largest absolute Gasteiger partial charge is 0.387 e. The number of methoxy groups -OCH3 is 1. The van der Waals surface area contributed by atoms with Gasteiger partial charge in [0.2, 0.25) is 0 Å². The molecule has 1 fully saturated rings. The molecule has 1 N–H and O–H groups in total. The van der Waals surface area contributed by atoms with E-state index in [1.54, 1.807) is 7.11 Å². The van der Waals surface area contributed by atoms with Crippen LogP contribution in [-0.2, 0) is 4.74 Å². The van der Waals surface area contributed by atoms with Gasteiger partial charge < -0.3 is 14.7 Å². The third-order valence-corrected chi connectivity index (χ3v) is 2.87. The zero-order chi connectivity index (χ0) is 9.73. The van der Waals surface area contributed by atoms with E-state index >= 15 is 0 Å². The molecule has 0 aromatic rings. The third-order valence-electron chi connectivity index (χ3n) is 2.87. The van der Waals surface area contributed by atoms with E-state index in [9.17, 15) is 5.11 Å². The molecular weight excluding hydrogens is 166 g/mol. The summed E-state index contributed by atoms with van der Waals surface area (Å²) in [4.78, 5) is 2.38. The van der Waals surface area contributed by atoms with Crippen LogP contribution in [0.25, 0.3) is 0 Å². The number of ether oxygens (including phenoxy) is 1. The van der Waals surface area contributed by atoms with Crippen molar-refractivity contribution < 1.29 is 9.84 Å². The van der Waals surface area contributed by atoms with Gasteiger partial charge in [0.25, 0.3) is 0 Å². The highest BCUT2D eigenvalue weighted by molar-refractivity contribution is 4.82. The Bertz CT molecular complexity index is 152. The Morgan fingerprint density at radius 1 is 1.38 bits per heavy atom. The minimum absolute atomic E-state index is 0.477. The van der Waals surface area contributed by atoms with Gasteiger partial charge in [0.1, 0.15) is 0 Å². The molecule has 1 unspecified atom stereocenters. The molecule has 0 aromatic heterocycles. The van der Waals surface area contributed by atoms with E-state index < -0.39 is 5.60 Å². The fourth-order valence-electron chi connectivity index (χ4n) is 1.96. The third kappa shape index (κ3) is 3.25. The lowest BCUT2D eigenvalue weighted by molar-refractivity contribution is -0.0407. The normalized spacial score (nSPS) is 31.6. The molecule has 0 bridgehead atoms. The number of nitrogens with zero attached hydrogens (tertiary/aromatic N) is 1. The van der Waals surface area contributed by atoms with Crippen molar-refractivity contribution in [2.75, 3.05) is 33.4 Å². The van der Waals surface area contributed by atoms with Crippen molar-refractivity contribution >= 4 is 0 Å². The lowest BCUT2D eigenvalue weighted by Crippen LogP contribution is -2.35. The molecule has 0 aromatic carbocycles. The van der Waals surface area contributed by atoms with Gasteiger partial charge >= 0.3 is 0 Å². The molecular formula is C10H21NO2. The summed E-state index contributed by atoms with van der Waals surface area (Å²) in [6.07, 6.45) is 2.79. The summed E-state index contributed by atoms with van der Waals surface area (Å²) in [6, 6.07) is 0. The monoisotopic (exact) mass is 187 g/mol. The molecule has 3 nitrogen and oxygen atoms in total. The summed E-state index contributed by atoms with van der Waals surface area (Å²) in [5.74, 6) is 0. The minimum atomic E-state index is -0.571. The summed E-state index contributed by atoms with van der Waals surface area (Å²) in [6.45, 7) is 5.84. The van der Waals surface area contributed by atoms with Crippen molar-refractivity contribution in [3.8, 4) is 0 Å². The maximum atomic E-state index is 10.1.